The lowest BCUT2D eigenvalue weighted by Gasteiger charge is -2.32. The molecule has 25 heavy (non-hydrogen) atoms. The number of carbonyl (C=O) groups is 2. The van der Waals surface area contributed by atoms with Gasteiger partial charge in [0.15, 0.2) is 0 Å². The summed E-state index contributed by atoms with van der Waals surface area (Å²) in [4.78, 5) is 26.0. The second-order valence-electron chi connectivity index (χ2n) is 6.96. The summed E-state index contributed by atoms with van der Waals surface area (Å²) in [6.45, 7) is 6.00. The van der Waals surface area contributed by atoms with Crippen LogP contribution in [0.15, 0.2) is 29.8 Å². The molecule has 1 aromatic rings. The van der Waals surface area contributed by atoms with E-state index in [0.29, 0.717) is 18.5 Å². The van der Waals surface area contributed by atoms with Crippen molar-refractivity contribution in [1.82, 2.24) is 4.90 Å². The van der Waals surface area contributed by atoms with Crippen LogP contribution < -0.4 is 0 Å². The summed E-state index contributed by atoms with van der Waals surface area (Å²) in [7, 11) is 1.33. The standard InChI is InChI=1S/C19H25NO5/c1-19(2,3)25-18(23)20-10-9-15(16(11-20)17(22)24-4)14-7-5-13(12-21)6-8-14/h5-8,21H,9-12H2,1-4H3. The highest BCUT2D eigenvalue weighted by Crippen LogP contribution is 2.29. The molecular weight excluding hydrogens is 322 g/mol. The van der Waals surface area contributed by atoms with E-state index in [-0.39, 0.29) is 13.2 Å². The van der Waals surface area contributed by atoms with Gasteiger partial charge in [0.2, 0.25) is 0 Å². The molecule has 1 N–H and O–H groups in total. The number of nitrogens with zero attached hydrogens (tertiary/aromatic N) is 1. The summed E-state index contributed by atoms with van der Waals surface area (Å²) in [5.41, 5.74) is 2.41. The zero-order chi connectivity index (χ0) is 18.6. The van der Waals surface area contributed by atoms with Gasteiger partial charge in [0.1, 0.15) is 5.60 Å². The van der Waals surface area contributed by atoms with Crippen LogP contribution in [0.5, 0.6) is 0 Å². The molecule has 0 saturated carbocycles. The van der Waals surface area contributed by atoms with Crippen molar-refractivity contribution in [2.24, 2.45) is 0 Å². The van der Waals surface area contributed by atoms with Crippen LogP contribution in [0.1, 0.15) is 38.3 Å². The van der Waals surface area contributed by atoms with E-state index in [1.807, 2.05) is 24.3 Å². The first kappa shape index (κ1) is 19.0. The summed E-state index contributed by atoms with van der Waals surface area (Å²) in [5, 5.41) is 9.16. The van der Waals surface area contributed by atoms with Crippen LogP contribution in [0.2, 0.25) is 0 Å². The number of aliphatic hydroxyl groups is 1. The van der Waals surface area contributed by atoms with Gasteiger partial charge < -0.3 is 19.5 Å². The maximum Gasteiger partial charge on any atom is 0.410 e. The predicted molar refractivity (Wildman–Crippen MR) is 93.7 cm³/mol. The summed E-state index contributed by atoms with van der Waals surface area (Å²) >= 11 is 0. The van der Waals surface area contributed by atoms with E-state index in [4.69, 9.17) is 14.6 Å². The van der Waals surface area contributed by atoms with Gasteiger partial charge >= 0.3 is 12.1 Å². The molecule has 1 aliphatic rings. The number of benzene rings is 1. The van der Waals surface area contributed by atoms with Crippen molar-refractivity contribution in [3.05, 3.63) is 41.0 Å². The van der Waals surface area contributed by atoms with Crippen LogP contribution in [0.3, 0.4) is 0 Å². The molecule has 0 radical (unpaired) electrons. The SMILES string of the molecule is COC(=O)C1=C(c2ccc(CO)cc2)CCN(C(=O)OC(C)(C)C)C1. The Hall–Kier alpha value is -2.34. The third-order valence-corrected chi connectivity index (χ3v) is 3.91. The van der Waals surface area contributed by atoms with Crippen molar-refractivity contribution in [3.8, 4) is 0 Å². The third-order valence-electron chi connectivity index (χ3n) is 3.91. The van der Waals surface area contributed by atoms with E-state index in [2.05, 4.69) is 0 Å². The minimum Gasteiger partial charge on any atom is -0.466 e. The number of hydrogen-bond acceptors (Lipinski definition) is 5. The largest absolute Gasteiger partial charge is 0.466 e. The van der Waals surface area contributed by atoms with Gasteiger partial charge in [-0.2, -0.15) is 0 Å². The van der Waals surface area contributed by atoms with E-state index in [1.54, 1.807) is 20.8 Å². The first-order chi connectivity index (χ1) is 11.7. The molecule has 1 amide bonds. The minimum atomic E-state index is -0.591. The average molecular weight is 347 g/mol. The molecule has 0 bridgehead atoms. The Morgan fingerprint density at radius 3 is 2.36 bits per heavy atom. The lowest BCUT2D eigenvalue weighted by Crippen LogP contribution is -2.41. The summed E-state index contributed by atoms with van der Waals surface area (Å²) < 4.78 is 10.3. The second kappa shape index (κ2) is 7.70. The Kier molecular flexibility index (Phi) is 5.85. The van der Waals surface area contributed by atoms with Crippen LogP contribution in [-0.4, -0.2) is 47.9 Å². The van der Waals surface area contributed by atoms with E-state index in [0.717, 1.165) is 16.7 Å². The zero-order valence-corrected chi connectivity index (χ0v) is 15.2. The maximum atomic E-state index is 12.3. The molecule has 0 aromatic heterocycles. The molecule has 2 rings (SSSR count). The van der Waals surface area contributed by atoms with Crippen molar-refractivity contribution in [1.29, 1.82) is 0 Å². The fourth-order valence-electron chi connectivity index (χ4n) is 2.69. The normalized spacial score (nSPS) is 15.2. The Morgan fingerprint density at radius 1 is 1.20 bits per heavy atom. The van der Waals surface area contributed by atoms with Crippen molar-refractivity contribution < 1.29 is 24.2 Å². The average Bonchev–Trinajstić information content (AvgIpc) is 2.59. The summed E-state index contributed by atoms with van der Waals surface area (Å²) in [6, 6.07) is 7.37. The topological polar surface area (TPSA) is 76.1 Å². The van der Waals surface area contributed by atoms with Crippen LogP contribution in [-0.2, 0) is 20.9 Å². The lowest BCUT2D eigenvalue weighted by molar-refractivity contribution is -0.136. The fourth-order valence-corrected chi connectivity index (χ4v) is 2.69. The molecule has 0 saturated heterocycles. The lowest BCUT2D eigenvalue weighted by atomic mass is 9.93. The smallest absolute Gasteiger partial charge is 0.410 e. The molecular formula is C19H25NO5. The molecule has 0 unspecified atom stereocenters. The van der Waals surface area contributed by atoms with Crippen molar-refractivity contribution in [2.75, 3.05) is 20.2 Å². The fraction of sp³-hybridized carbons (Fsp3) is 0.474. The van der Waals surface area contributed by atoms with E-state index in [9.17, 15) is 9.59 Å². The zero-order valence-electron chi connectivity index (χ0n) is 15.2. The molecule has 6 heteroatoms. The van der Waals surface area contributed by atoms with Crippen molar-refractivity contribution >= 4 is 17.6 Å². The van der Waals surface area contributed by atoms with Crippen molar-refractivity contribution in [3.63, 3.8) is 0 Å². The molecule has 0 aliphatic carbocycles. The van der Waals surface area contributed by atoms with Gasteiger partial charge in [-0.1, -0.05) is 24.3 Å². The Labute approximate surface area is 148 Å². The van der Waals surface area contributed by atoms with Crippen molar-refractivity contribution in [2.45, 2.75) is 39.4 Å². The highest BCUT2D eigenvalue weighted by atomic mass is 16.6. The van der Waals surface area contributed by atoms with Gasteiger partial charge in [0.25, 0.3) is 0 Å². The van der Waals surface area contributed by atoms with Crippen LogP contribution in [0, 0.1) is 0 Å². The number of aliphatic hydroxyl groups excluding tert-OH is 1. The number of ether oxygens (including phenoxy) is 2. The highest BCUT2D eigenvalue weighted by molar-refractivity contribution is 5.99. The quantitative estimate of drug-likeness (QED) is 0.851. The van der Waals surface area contributed by atoms with Crippen LogP contribution >= 0.6 is 0 Å². The Morgan fingerprint density at radius 2 is 1.84 bits per heavy atom. The van der Waals surface area contributed by atoms with E-state index >= 15 is 0 Å². The highest BCUT2D eigenvalue weighted by Gasteiger charge is 2.30. The third kappa shape index (κ3) is 4.82. The molecule has 1 heterocycles. The molecule has 1 aliphatic heterocycles. The number of rotatable bonds is 3. The number of amides is 1. The van der Waals surface area contributed by atoms with Crippen LogP contribution in [0.25, 0.3) is 5.57 Å². The maximum absolute atomic E-state index is 12.3. The number of hydrogen-bond donors (Lipinski definition) is 1. The molecule has 6 nitrogen and oxygen atoms in total. The monoisotopic (exact) mass is 347 g/mol. The molecule has 0 atom stereocenters. The molecule has 0 fully saturated rings. The second-order valence-corrected chi connectivity index (χ2v) is 6.96. The number of carbonyl (C=O) groups excluding carboxylic acids is 2. The number of methoxy groups -OCH3 is 1. The molecule has 0 spiro atoms. The molecule has 1 aromatic carbocycles. The predicted octanol–water partition coefficient (Wildman–Crippen LogP) is 2.75. The van der Waals surface area contributed by atoms with Gasteiger partial charge in [-0.25, -0.2) is 9.59 Å². The van der Waals surface area contributed by atoms with Crippen LogP contribution in [0.4, 0.5) is 4.79 Å². The first-order valence-corrected chi connectivity index (χ1v) is 8.23. The van der Waals surface area contributed by atoms with E-state index < -0.39 is 17.7 Å². The van der Waals surface area contributed by atoms with E-state index in [1.165, 1.54) is 12.0 Å². The summed E-state index contributed by atoms with van der Waals surface area (Å²) in [5.74, 6) is -0.450. The minimum absolute atomic E-state index is 0.0321. The van der Waals surface area contributed by atoms with Gasteiger partial charge in [0.05, 0.1) is 25.8 Å². The molecule has 136 valence electrons. The van der Waals surface area contributed by atoms with Gasteiger partial charge in [-0.15, -0.1) is 0 Å². The Bertz CT molecular complexity index is 670. The number of esters is 1. The summed E-state index contributed by atoms with van der Waals surface area (Å²) in [6.07, 6.45) is 0.0888. The first-order valence-electron chi connectivity index (χ1n) is 8.23. The van der Waals surface area contributed by atoms with Gasteiger partial charge in [0, 0.05) is 6.54 Å². The van der Waals surface area contributed by atoms with Gasteiger partial charge in [-0.05, 0) is 43.9 Å². The Balaban J connectivity index is 2.29. The van der Waals surface area contributed by atoms with Gasteiger partial charge in [-0.3, -0.25) is 0 Å².